The first-order chi connectivity index (χ1) is 11.3. The van der Waals surface area contributed by atoms with E-state index in [0.29, 0.717) is 41.5 Å². The Morgan fingerprint density at radius 1 is 1.21 bits per heavy atom. The Balaban J connectivity index is 2.49. The average Bonchev–Trinajstić information content (AvgIpc) is 2.50. The molecule has 2 aromatic rings. The fourth-order valence-corrected chi connectivity index (χ4v) is 3.45. The van der Waals surface area contributed by atoms with Crippen LogP contribution in [0.1, 0.15) is 43.1 Å². The summed E-state index contributed by atoms with van der Waals surface area (Å²) in [6.45, 7) is 6.07. The highest BCUT2D eigenvalue weighted by Crippen LogP contribution is 2.36. The number of hydrogen-bond acceptors (Lipinski definition) is 5. The quantitative estimate of drug-likeness (QED) is 0.847. The zero-order valence-corrected chi connectivity index (χ0v) is 14.4. The molecular formula is C17H21N3O4. The van der Waals surface area contributed by atoms with E-state index in [2.05, 4.69) is 4.98 Å². The third-order valence-corrected chi connectivity index (χ3v) is 4.51. The molecule has 0 aliphatic heterocycles. The highest BCUT2D eigenvalue weighted by Gasteiger charge is 2.34. The lowest BCUT2D eigenvalue weighted by molar-refractivity contribution is 0.0912. The van der Waals surface area contributed by atoms with E-state index in [1.54, 1.807) is 0 Å². The van der Waals surface area contributed by atoms with E-state index >= 15 is 0 Å². The minimum atomic E-state index is -0.453. The second-order valence-electron chi connectivity index (χ2n) is 6.97. The van der Waals surface area contributed by atoms with Gasteiger partial charge in [0.25, 0.3) is 5.56 Å². The second-order valence-corrected chi connectivity index (χ2v) is 6.97. The molecule has 1 aliphatic carbocycles. The Labute approximate surface area is 138 Å². The number of methoxy groups -OCH3 is 1. The van der Waals surface area contributed by atoms with Crippen LogP contribution in [-0.4, -0.2) is 27.0 Å². The number of Topliss-reactive ketones (excluding diaryl/α,β-unsaturated/α-hetero) is 1. The Hall–Kier alpha value is -2.28. The van der Waals surface area contributed by atoms with Crippen LogP contribution < -0.4 is 11.2 Å². The summed E-state index contributed by atoms with van der Waals surface area (Å²) in [6.07, 6.45) is 2.52. The largest absolute Gasteiger partial charge is 0.364 e. The van der Waals surface area contributed by atoms with E-state index in [-0.39, 0.29) is 17.9 Å². The molecule has 0 amide bonds. The summed E-state index contributed by atoms with van der Waals surface area (Å²) < 4.78 is 7.51. The van der Waals surface area contributed by atoms with E-state index in [9.17, 15) is 14.4 Å². The van der Waals surface area contributed by atoms with Crippen LogP contribution in [0.5, 0.6) is 0 Å². The van der Waals surface area contributed by atoms with Gasteiger partial charge in [-0.2, -0.15) is 0 Å². The molecule has 2 heterocycles. The molecule has 24 heavy (non-hydrogen) atoms. The summed E-state index contributed by atoms with van der Waals surface area (Å²) in [5, 5.41) is 0.354. The molecule has 0 atom stereocenters. The lowest BCUT2D eigenvalue weighted by Gasteiger charge is -2.30. The van der Waals surface area contributed by atoms with Crippen LogP contribution in [0.4, 0.5) is 0 Å². The van der Waals surface area contributed by atoms with Crippen LogP contribution in [0.15, 0.2) is 15.8 Å². The molecule has 0 saturated carbocycles. The van der Waals surface area contributed by atoms with Crippen molar-refractivity contribution in [2.24, 2.45) is 5.41 Å². The summed E-state index contributed by atoms with van der Waals surface area (Å²) in [5.74, 6) is -0.0115. The maximum Gasteiger partial charge on any atom is 0.334 e. The number of nitrogens with zero attached hydrogens (tertiary/aromatic N) is 3. The SMILES string of the molecule is CCn1c(=O)n(COC)c(=O)c2c3c(cnc21)C(=O)CC(C)(C)C3. The fraction of sp³-hybridized carbons (Fsp3) is 0.529. The van der Waals surface area contributed by atoms with E-state index < -0.39 is 11.2 Å². The monoisotopic (exact) mass is 331 g/mol. The highest BCUT2D eigenvalue weighted by molar-refractivity contribution is 6.02. The molecular weight excluding hydrogens is 310 g/mol. The number of aromatic nitrogens is 3. The van der Waals surface area contributed by atoms with Gasteiger partial charge in [-0.05, 0) is 24.3 Å². The topological polar surface area (TPSA) is 83.2 Å². The standard InChI is InChI=1S/C17H21N3O4/c1-5-19-14-13(15(22)20(9-24-4)16(19)23)10-6-17(2,3)7-12(21)11(10)8-18-14/h8H,5-7,9H2,1-4H3. The minimum Gasteiger partial charge on any atom is -0.364 e. The smallest absolute Gasteiger partial charge is 0.334 e. The Bertz CT molecular complexity index is 953. The van der Waals surface area contributed by atoms with Gasteiger partial charge in [-0.3, -0.25) is 14.2 Å². The zero-order valence-electron chi connectivity index (χ0n) is 14.4. The maximum atomic E-state index is 12.9. The number of aryl methyl sites for hydroxylation is 1. The molecule has 0 fully saturated rings. The van der Waals surface area contributed by atoms with Crippen LogP contribution in [0.3, 0.4) is 0 Å². The molecule has 0 aromatic carbocycles. The molecule has 3 rings (SSSR count). The first-order valence-electron chi connectivity index (χ1n) is 7.98. The van der Waals surface area contributed by atoms with Crippen molar-refractivity contribution in [3.63, 3.8) is 0 Å². The Morgan fingerprint density at radius 3 is 2.54 bits per heavy atom. The average molecular weight is 331 g/mol. The lowest BCUT2D eigenvalue weighted by atomic mass is 9.73. The Kier molecular flexibility index (Phi) is 3.91. The van der Waals surface area contributed by atoms with Gasteiger partial charge in [0.05, 0.1) is 5.39 Å². The molecule has 2 aromatic heterocycles. The number of fused-ring (bicyclic) bond motifs is 3. The molecule has 0 bridgehead atoms. The first kappa shape index (κ1) is 16.6. The van der Waals surface area contributed by atoms with Gasteiger partial charge in [-0.1, -0.05) is 13.8 Å². The fourth-order valence-electron chi connectivity index (χ4n) is 3.45. The summed E-state index contributed by atoms with van der Waals surface area (Å²) in [4.78, 5) is 42.2. The summed E-state index contributed by atoms with van der Waals surface area (Å²) >= 11 is 0. The predicted octanol–water partition coefficient (Wildman–Crippen LogP) is 1.34. The van der Waals surface area contributed by atoms with E-state index in [1.165, 1.54) is 17.9 Å². The minimum absolute atomic E-state index is 0.0115. The molecule has 0 saturated heterocycles. The summed E-state index contributed by atoms with van der Waals surface area (Å²) in [6, 6.07) is 0. The number of carbonyl (C=O) groups is 1. The van der Waals surface area contributed by atoms with Gasteiger partial charge in [0.15, 0.2) is 5.78 Å². The number of ether oxygens (including phenoxy) is 1. The lowest BCUT2D eigenvalue weighted by Crippen LogP contribution is -2.41. The van der Waals surface area contributed by atoms with Gasteiger partial charge in [0.2, 0.25) is 0 Å². The van der Waals surface area contributed by atoms with Crippen LogP contribution >= 0.6 is 0 Å². The van der Waals surface area contributed by atoms with Crippen molar-refractivity contribution in [3.8, 4) is 0 Å². The van der Waals surface area contributed by atoms with Crippen molar-refractivity contribution in [2.45, 2.75) is 46.9 Å². The third-order valence-electron chi connectivity index (χ3n) is 4.51. The molecule has 0 N–H and O–H groups in total. The van der Waals surface area contributed by atoms with Crippen LogP contribution in [-0.2, 0) is 24.4 Å². The first-order valence-corrected chi connectivity index (χ1v) is 7.98. The second kappa shape index (κ2) is 5.66. The van der Waals surface area contributed by atoms with Gasteiger partial charge in [-0.15, -0.1) is 0 Å². The van der Waals surface area contributed by atoms with Gasteiger partial charge in [-0.25, -0.2) is 14.3 Å². The van der Waals surface area contributed by atoms with Crippen molar-refractivity contribution in [2.75, 3.05) is 7.11 Å². The molecule has 7 nitrogen and oxygen atoms in total. The van der Waals surface area contributed by atoms with Crippen LogP contribution in [0.25, 0.3) is 11.0 Å². The molecule has 0 spiro atoms. The zero-order chi connectivity index (χ0) is 17.6. The van der Waals surface area contributed by atoms with Crippen molar-refractivity contribution in [3.05, 3.63) is 38.2 Å². The Morgan fingerprint density at radius 2 is 1.92 bits per heavy atom. The molecule has 0 unspecified atom stereocenters. The van der Waals surface area contributed by atoms with Gasteiger partial charge in [0.1, 0.15) is 12.4 Å². The number of hydrogen-bond donors (Lipinski definition) is 0. The maximum absolute atomic E-state index is 12.9. The summed E-state index contributed by atoms with van der Waals surface area (Å²) in [7, 11) is 1.43. The van der Waals surface area contributed by atoms with Gasteiger partial charge in [0, 0.05) is 31.8 Å². The molecule has 7 heteroatoms. The molecule has 128 valence electrons. The van der Waals surface area contributed by atoms with Crippen LogP contribution in [0.2, 0.25) is 0 Å². The molecule has 1 aliphatic rings. The van der Waals surface area contributed by atoms with E-state index in [0.717, 1.165) is 4.57 Å². The number of carbonyl (C=O) groups excluding carboxylic acids is 1. The highest BCUT2D eigenvalue weighted by atomic mass is 16.5. The third kappa shape index (κ3) is 2.39. The van der Waals surface area contributed by atoms with Crippen molar-refractivity contribution >= 4 is 16.8 Å². The van der Waals surface area contributed by atoms with E-state index in [1.807, 2.05) is 20.8 Å². The van der Waals surface area contributed by atoms with E-state index in [4.69, 9.17) is 4.74 Å². The van der Waals surface area contributed by atoms with Gasteiger partial charge < -0.3 is 4.74 Å². The number of pyridine rings is 1. The molecule has 0 radical (unpaired) electrons. The van der Waals surface area contributed by atoms with Crippen LogP contribution in [0, 0.1) is 5.41 Å². The van der Waals surface area contributed by atoms with Crippen molar-refractivity contribution < 1.29 is 9.53 Å². The predicted molar refractivity (Wildman–Crippen MR) is 89.4 cm³/mol. The normalized spacial score (nSPS) is 16.4. The number of ketones is 1. The van der Waals surface area contributed by atoms with Crippen molar-refractivity contribution in [1.82, 2.24) is 14.1 Å². The van der Waals surface area contributed by atoms with Gasteiger partial charge >= 0.3 is 5.69 Å². The number of rotatable bonds is 3. The van der Waals surface area contributed by atoms with Crippen molar-refractivity contribution in [1.29, 1.82) is 0 Å². The summed E-state index contributed by atoms with van der Waals surface area (Å²) in [5.41, 5.74) is 0.387.